The van der Waals surface area contributed by atoms with Gasteiger partial charge in [0.2, 0.25) is 0 Å². The van der Waals surface area contributed by atoms with E-state index in [0.717, 1.165) is 31.6 Å². The molecule has 0 saturated carbocycles. The maximum absolute atomic E-state index is 5.52. The first-order valence-electron chi connectivity index (χ1n) is 6.18. The molecule has 0 fully saturated rings. The van der Waals surface area contributed by atoms with Crippen molar-refractivity contribution in [2.24, 2.45) is 7.05 Å². The van der Waals surface area contributed by atoms with E-state index >= 15 is 0 Å². The summed E-state index contributed by atoms with van der Waals surface area (Å²) in [6.45, 7) is 5.94. The van der Waals surface area contributed by atoms with Gasteiger partial charge in [-0.25, -0.2) is 0 Å². The Bertz CT molecular complexity index is 409. The summed E-state index contributed by atoms with van der Waals surface area (Å²) in [6, 6.07) is 0. The molecule has 0 bridgehead atoms. The van der Waals surface area contributed by atoms with Crippen molar-refractivity contribution in [3.05, 3.63) is 29.3 Å². The van der Waals surface area contributed by atoms with E-state index in [1.54, 1.807) is 0 Å². The molecule has 1 aliphatic rings. The number of aryl methyl sites for hydroxylation is 2. The first kappa shape index (κ1) is 12.2. The average Bonchev–Trinajstić information content (AvgIpc) is 2.57. The van der Waals surface area contributed by atoms with Gasteiger partial charge in [-0.15, -0.1) is 0 Å². The first-order valence-corrected chi connectivity index (χ1v) is 6.18. The molecular formula is C13H21N3O. The molecule has 0 aromatic carbocycles. The summed E-state index contributed by atoms with van der Waals surface area (Å²) in [6.07, 6.45) is 6.44. The van der Waals surface area contributed by atoms with Crippen LogP contribution in [0.25, 0.3) is 0 Å². The van der Waals surface area contributed by atoms with Crippen LogP contribution in [0.5, 0.6) is 0 Å². The van der Waals surface area contributed by atoms with Gasteiger partial charge in [-0.05, 0) is 32.8 Å². The third kappa shape index (κ3) is 2.88. The second-order valence-corrected chi connectivity index (χ2v) is 4.61. The Hall–Kier alpha value is -1.29. The summed E-state index contributed by atoms with van der Waals surface area (Å²) in [5, 5.41) is 7.86. The minimum atomic E-state index is 0.317. The molecule has 0 radical (unpaired) electrons. The van der Waals surface area contributed by atoms with Gasteiger partial charge in [-0.1, -0.05) is 0 Å². The maximum atomic E-state index is 5.52. The molecule has 4 nitrogen and oxygen atoms in total. The van der Waals surface area contributed by atoms with Gasteiger partial charge in [0.25, 0.3) is 0 Å². The van der Waals surface area contributed by atoms with Crippen LogP contribution in [0, 0.1) is 13.8 Å². The third-order valence-corrected chi connectivity index (χ3v) is 3.36. The van der Waals surface area contributed by atoms with Crippen LogP contribution in [-0.2, 0) is 18.3 Å². The number of ether oxygens (including phenoxy) is 1. The molecule has 0 saturated heterocycles. The summed E-state index contributed by atoms with van der Waals surface area (Å²) in [5.74, 6) is 0. The van der Waals surface area contributed by atoms with Crippen molar-refractivity contribution in [2.75, 3.05) is 6.54 Å². The summed E-state index contributed by atoms with van der Waals surface area (Å²) in [5.41, 5.74) is 3.65. The number of hydrogen-bond donors (Lipinski definition) is 1. The zero-order valence-electron chi connectivity index (χ0n) is 10.9. The van der Waals surface area contributed by atoms with E-state index in [2.05, 4.69) is 30.3 Å². The van der Waals surface area contributed by atoms with E-state index in [1.807, 2.05) is 18.0 Å². The second-order valence-electron chi connectivity index (χ2n) is 4.61. The molecule has 1 N–H and O–H groups in total. The third-order valence-electron chi connectivity index (χ3n) is 3.36. The topological polar surface area (TPSA) is 39.1 Å². The summed E-state index contributed by atoms with van der Waals surface area (Å²) < 4.78 is 7.45. The van der Waals surface area contributed by atoms with E-state index < -0.39 is 0 Å². The van der Waals surface area contributed by atoms with Crippen molar-refractivity contribution in [2.45, 2.75) is 39.3 Å². The minimum Gasteiger partial charge on any atom is -0.497 e. The van der Waals surface area contributed by atoms with Crippen LogP contribution in [0.2, 0.25) is 0 Å². The normalized spacial score (nSPS) is 19.4. The van der Waals surface area contributed by atoms with Crippen molar-refractivity contribution < 1.29 is 4.74 Å². The summed E-state index contributed by atoms with van der Waals surface area (Å²) >= 11 is 0. The predicted molar refractivity (Wildman–Crippen MR) is 67.6 cm³/mol. The zero-order chi connectivity index (χ0) is 12.3. The molecule has 2 heterocycles. The molecular weight excluding hydrogens is 214 g/mol. The van der Waals surface area contributed by atoms with E-state index in [9.17, 15) is 0 Å². The zero-order valence-corrected chi connectivity index (χ0v) is 10.9. The van der Waals surface area contributed by atoms with Gasteiger partial charge in [0.15, 0.2) is 0 Å². The molecule has 1 aromatic heterocycles. The molecule has 0 spiro atoms. The quantitative estimate of drug-likeness (QED) is 0.865. The van der Waals surface area contributed by atoms with E-state index in [1.165, 1.54) is 11.3 Å². The van der Waals surface area contributed by atoms with Gasteiger partial charge >= 0.3 is 0 Å². The monoisotopic (exact) mass is 235 g/mol. The van der Waals surface area contributed by atoms with Crippen LogP contribution in [-0.4, -0.2) is 22.4 Å². The van der Waals surface area contributed by atoms with Gasteiger partial charge in [0, 0.05) is 31.4 Å². The predicted octanol–water partition coefficient (Wildman–Crippen LogP) is 1.82. The largest absolute Gasteiger partial charge is 0.497 e. The highest BCUT2D eigenvalue weighted by Crippen LogP contribution is 2.12. The van der Waals surface area contributed by atoms with Crippen LogP contribution >= 0.6 is 0 Å². The van der Waals surface area contributed by atoms with Crippen LogP contribution < -0.4 is 5.32 Å². The van der Waals surface area contributed by atoms with Gasteiger partial charge in [0.05, 0.1) is 12.0 Å². The van der Waals surface area contributed by atoms with Crippen LogP contribution in [0.1, 0.15) is 29.8 Å². The maximum Gasteiger partial charge on any atom is 0.110 e. The molecule has 94 valence electrons. The van der Waals surface area contributed by atoms with Crippen LogP contribution in [0.3, 0.4) is 0 Å². The highest BCUT2D eigenvalue weighted by molar-refractivity contribution is 5.23. The van der Waals surface area contributed by atoms with Gasteiger partial charge < -0.3 is 10.1 Å². The Morgan fingerprint density at radius 3 is 2.94 bits per heavy atom. The van der Waals surface area contributed by atoms with Crippen LogP contribution in [0.4, 0.5) is 0 Å². The van der Waals surface area contributed by atoms with Crippen molar-refractivity contribution in [3.63, 3.8) is 0 Å². The number of rotatable bonds is 4. The highest BCUT2D eigenvalue weighted by Gasteiger charge is 2.12. The number of nitrogens with zero attached hydrogens (tertiary/aromatic N) is 2. The molecule has 0 amide bonds. The number of allylic oxidation sites excluding steroid dienone is 1. The number of aromatic nitrogens is 2. The summed E-state index contributed by atoms with van der Waals surface area (Å²) in [7, 11) is 1.99. The molecule has 4 heteroatoms. The lowest BCUT2D eigenvalue weighted by molar-refractivity contribution is 0.122. The Balaban J connectivity index is 1.83. The molecule has 1 aromatic rings. The van der Waals surface area contributed by atoms with Gasteiger partial charge in [0.1, 0.15) is 6.10 Å². The summed E-state index contributed by atoms with van der Waals surface area (Å²) in [4.78, 5) is 0. The Morgan fingerprint density at radius 1 is 1.53 bits per heavy atom. The fraction of sp³-hybridized carbons (Fsp3) is 0.615. The molecule has 2 rings (SSSR count). The minimum absolute atomic E-state index is 0.317. The lowest BCUT2D eigenvalue weighted by Crippen LogP contribution is -2.29. The SMILES string of the molecule is Cc1nn(C)c(C)c1CNC[C@H]1CCC=CO1. The molecule has 17 heavy (non-hydrogen) atoms. The van der Waals surface area contributed by atoms with Crippen LogP contribution in [0.15, 0.2) is 12.3 Å². The Morgan fingerprint density at radius 2 is 2.35 bits per heavy atom. The van der Waals surface area contributed by atoms with E-state index in [-0.39, 0.29) is 0 Å². The van der Waals surface area contributed by atoms with Crippen molar-refractivity contribution in [1.82, 2.24) is 15.1 Å². The van der Waals surface area contributed by atoms with Crippen molar-refractivity contribution in [1.29, 1.82) is 0 Å². The number of nitrogens with one attached hydrogen (secondary N) is 1. The van der Waals surface area contributed by atoms with Gasteiger partial charge in [-0.3, -0.25) is 4.68 Å². The lowest BCUT2D eigenvalue weighted by atomic mass is 10.1. The lowest BCUT2D eigenvalue weighted by Gasteiger charge is -2.19. The fourth-order valence-corrected chi connectivity index (χ4v) is 2.17. The molecule has 1 aliphatic heterocycles. The first-order chi connectivity index (χ1) is 8.18. The fourth-order valence-electron chi connectivity index (χ4n) is 2.17. The Kier molecular flexibility index (Phi) is 3.84. The van der Waals surface area contributed by atoms with E-state index in [0.29, 0.717) is 6.10 Å². The highest BCUT2D eigenvalue weighted by atomic mass is 16.5. The smallest absolute Gasteiger partial charge is 0.110 e. The second kappa shape index (κ2) is 5.36. The average molecular weight is 235 g/mol. The van der Waals surface area contributed by atoms with Gasteiger partial charge in [-0.2, -0.15) is 5.10 Å². The standard InChI is InChI=1S/C13H21N3O/c1-10-13(11(2)16(3)15-10)9-14-8-12-6-4-5-7-17-12/h5,7,12,14H,4,6,8-9H2,1-3H3/t12-/m1/s1. The number of hydrogen-bond acceptors (Lipinski definition) is 3. The molecule has 0 unspecified atom stereocenters. The van der Waals surface area contributed by atoms with E-state index in [4.69, 9.17) is 4.74 Å². The van der Waals surface area contributed by atoms with Crippen molar-refractivity contribution >= 4 is 0 Å². The molecule has 1 atom stereocenters. The molecule has 0 aliphatic carbocycles. The Labute approximate surface area is 103 Å². The van der Waals surface area contributed by atoms with Crippen molar-refractivity contribution in [3.8, 4) is 0 Å².